The summed E-state index contributed by atoms with van der Waals surface area (Å²) < 4.78 is 17.7. The minimum atomic E-state index is -0.843. The number of ether oxygens (including phenoxy) is 3. The molecule has 1 atom stereocenters. The smallest absolute Gasteiger partial charge is 0.328 e. The second-order valence-electron chi connectivity index (χ2n) is 10.7. The number of carbonyl (C=O) groups excluding carboxylic acids is 7. The van der Waals surface area contributed by atoms with E-state index < -0.39 is 23.8 Å². The summed E-state index contributed by atoms with van der Waals surface area (Å²) in [6.45, 7) is 6.32. The molecular weight excluding hydrogens is 604 g/mol. The molecule has 0 spiro atoms. The van der Waals surface area contributed by atoms with Gasteiger partial charge in [0.25, 0.3) is 17.7 Å². The number of aryl methyl sites for hydroxylation is 1. The number of esters is 1. The number of hydrogen-bond acceptors (Lipinski definition) is 10. The van der Waals surface area contributed by atoms with Gasteiger partial charge in [0.15, 0.2) is 0 Å². The molecule has 0 aliphatic carbocycles. The van der Waals surface area contributed by atoms with E-state index in [-0.39, 0.29) is 95.1 Å². The fourth-order valence-electron chi connectivity index (χ4n) is 4.14. The lowest BCUT2D eigenvalue weighted by Crippen LogP contribution is -2.45. The minimum Gasteiger partial charge on any atom is -0.464 e. The Labute approximate surface area is 267 Å². The van der Waals surface area contributed by atoms with Gasteiger partial charge in [0.1, 0.15) is 11.7 Å². The van der Waals surface area contributed by atoms with E-state index in [9.17, 15) is 33.6 Å². The highest BCUT2D eigenvalue weighted by molar-refractivity contribution is 6.13. The van der Waals surface area contributed by atoms with Crippen molar-refractivity contribution in [2.75, 3.05) is 58.0 Å². The Hall–Kier alpha value is -4.57. The van der Waals surface area contributed by atoms with E-state index in [0.717, 1.165) is 17.1 Å². The largest absolute Gasteiger partial charge is 0.464 e. The Morgan fingerprint density at radius 2 is 1.52 bits per heavy atom. The maximum Gasteiger partial charge on any atom is 0.328 e. The van der Waals surface area contributed by atoms with Crippen molar-refractivity contribution in [3.05, 3.63) is 30.1 Å². The van der Waals surface area contributed by atoms with Crippen LogP contribution in [0.25, 0.3) is 0 Å². The number of nitrogens with one attached hydrogen (secondary N) is 4. The quantitative estimate of drug-likeness (QED) is 0.0775. The standard InChI is InChI=1S/C30H44N6O10/c1-20(2)28(30(43)46-13-5-10-32-29(42)23-18-22(19-35(23)4)33-21(3)37)34-25(39)9-14-44-16-17-45-15-11-31-24(38)8-12-36-26(40)6-7-27(36)41/h6-7,18-20,28H,5,8-17H2,1-4H3,(H,31,38)(H,32,42)(H,33,37)(H,34,39). The maximum absolute atomic E-state index is 12.6. The average Bonchev–Trinajstić information content (AvgIpc) is 3.52. The molecule has 4 N–H and O–H groups in total. The van der Waals surface area contributed by atoms with Gasteiger partial charge in [0, 0.05) is 64.8 Å². The molecule has 0 aromatic carbocycles. The highest BCUT2D eigenvalue weighted by atomic mass is 16.5. The van der Waals surface area contributed by atoms with E-state index in [1.54, 1.807) is 37.7 Å². The van der Waals surface area contributed by atoms with Crippen LogP contribution in [0.1, 0.15) is 50.5 Å². The molecule has 2 rings (SSSR count). The molecule has 6 amide bonds. The van der Waals surface area contributed by atoms with Crippen LogP contribution in [0.5, 0.6) is 0 Å². The molecule has 1 aromatic heterocycles. The molecule has 0 fully saturated rings. The molecule has 1 aliphatic rings. The summed E-state index contributed by atoms with van der Waals surface area (Å²) in [7, 11) is 1.69. The molecule has 1 unspecified atom stereocenters. The van der Waals surface area contributed by atoms with Crippen molar-refractivity contribution in [2.45, 2.75) is 46.1 Å². The fourth-order valence-corrected chi connectivity index (χ4v) is 4.14. The molecule has 1 aliphatic heterocycles. The zero-order valence-corrected chi connectivity index (χ0v) is 26.7. The normalized spacial score (nSPS) is 13.1. The van der Waals surface area contributed by atoms with Gasteiger partial charge in [0.05, 0.1) is 38.7 Å². The number of nitrogens with zero attached hydrogens (tertiary/aromatic N) is 2. The fraction of sp³-hybridized carbons (Fsp3) is 0.567. The van der Waals surface area contributed by atoms with Crippen molar-refractivity contribution >= 4 is 47.1 Å². The molecule has 254 valence electrons. The van der Waals surface area contributed by atoms with Crippen molar-refractivity contribution in [3.8, 4) is 0 Å². The first-order valence-corrected chi connectivity index (χ1v) is 15.0. The van der Waals surface area contributed by atoms with Crippen LogP contribution in [0.2, 0.25) is 0 Å². The SMILES string of the molecule is CC(=O)Nc1cc(C(=O)NCCCOC(=O)C(NC(=O)CCOCCOCCNC(=O)CCN2C(=O)C=CC2=O)C(C)C)n(C)c1. The summed E-state index contributed by atoms with van der Waals surface area (Å²) in [5.74, 6) is -2.92. The molecule has 16 heteroatoms. The van der Waals surface area contributed by atoms with Crippen LogP contribution in [-0.4, -0.2) is 110 Å². The number of hydrogen-bond donors (Lipinski definition) is 4. The second-order valence-corrected chi connectivity index (χ2v) is 10.7. The summed E-state index contributed by atoms with van der Waals surface area (Å²) in [5.41, 5.74) is 0.876. The van der Waals surface area contributed by atoms with Gasteiger partial charge in [-0.2, -0.15) is 0 Å². The Morgan fingerprint density at radius 1 is 0.848 bits per heavy atom. The van der Waals surface area contributed by atoms with Gasteiger partial charge >= 0.3 is 5.97 Å². The first kappa shape index (κ1) is 37.6. The van der Waals surface area contributed by atoms with Gasteiger partial charge < -0.3 is 40.0 Å². The van der Waals surface area contributed by atoms with Crippen molar-refractivity contribution < 1.29 is 47.8 Å². The van der Waals surface area contributed by atoms with Gasteiger partial charge in [-0.1, -0.05) is 13.8 Å². The predicted molar refractivity (Wildman–Crippen MR) is 164 cm³/mol. The summed E-state index contributed by atoms with van der Waals surface area (Å²) in [5, 5.41) is 10.7. The zero-order valence-electron chi connectivity index (χ0n) is 26.7. The Bertz CT molecular complexity index is 1260. The number of imide groups is 1. The molecule has 0 saturated carbocycles. The van der Waals surface area contributed by atoms with Crippen molar-refractivity contribution in [3.63, 3.8) is 0 Å². The second kappa shape index (κ2) is 19.7. The number of anilines is 1. The average molecular weight is 649 g/mol. The third-order valence-corrected chi connectivity index (χ3v) is 6.52. The predicted octanol–water partition coefficient (Wildman–Crippen LogP) is -0.358. The van der Waals surface area contributed by atoms with Crippen molar-refractivity contribution in [2.24, 2.45) is 13.0 Å². The molecule has 0 saturated heterocycles. The molecular formula is C30H44N6O10. The lowest BCUT2D eigenvalue weighted by atomic mass is 10.0. The van der Waals surface area contributed by atoms with Crippen molar-refractivity contribution in [1.82, 2.24) is 25.4 Å². The van der Waals surface area contributed by atoms with Crippen molar-refractivity contribution in [1.29, 1.82) is 0 Å². The lowest BCUT2D eigenvalue weighted by molar-refractivity contribution is -0.149. The number of carbonyl (C=O) groups is 7. The van der Waals surface area contributed by atoms with E-state index in [1.807, 2.05) is 0 Å². The van der Waals surface area contributed by atoms with Crippen LogP contribution in [0.4, 0.5) is 5.69 Å². The molecule has 2 heterocycles. The van der Waals surface area contributed by atoms with E-state index >= 15 is 0 Å². The summed E-state index contributed by atoms with van der Waals surface area (Å²) >= 11 is 0. The van der Waals surface area contributed by atoms with Gasteiger partial charge in [-0.25, -0.2) is 4.79 Å². The monoisotopic (exact) mass is 648 g/mol. The Kier molecular flexibility index (Phi) is 16.1. The maximum atomic E-state index is 12.6. The first-order valence-electron chi connectivity index (χ1n) is 15.0. The van der Waals surface area contributed by atoms with Crippen LogP contribution >= 0.6 is 0 Å². The van der Waals surface area contributed by atoms with E-state index in [2.05, 4.69) is 21.3 Å². The Morgan fingerprint density at radius 3 is 2.17 bits per heavy atom. The third-order valence-electron chi connectivity index (χ3n) is 6.52. The topological polar surface area (TPSA) is 203 Å². The first-order chi connectivity index (χ1) is 21.9. The number of rotatable bonds is 21. The summed E-state index contributed by atoms with van der Waals surface area (Å²) in [6.07, 6.45) is 4.34. The highest BCUT2D eigenvalue weighted by Gasteiger charge is 2.26. The van der Waals surface area contributed by atoms with Gasteiger partial charge in [-0.15, -0.1) is 0 Å². The number of aromatic nitrogens is 1. The molecule has 1 aromatic rings. The third kappa shape index (κ3) is 13.6. The van der Waals surface area contributed by atoms with E-state index in [4.69, 9.17) is 14.2 Å². The number of amides is 6. The van der Waals surface area contributed by atoms with Crippen LogP contribution in [-0.2, 0) is 50.0 Å². The van der Waals surface area contributed by atoms with Crippen LogP contribution in [0, 0.1) is 5.92 Å². The molecule has 46 heavy (non-hydrogen) atoms. The van der Waals surface area contributed by atoms with Gasteiger partial charge in [-0.3, -0.25) is 33.7 Å². The van der Waals surface area contributed by atoms with Gasteiger partial charge in [0.2, 0.25) is 17.7 Å². The molecule has 0 bridgehead atoms. The van der Waals surface area contributed by atoms with E-state index in [0.29, 0.717) is 17.8 Å². The molecule has 0 radical (unpaired) electrons. The summed E-state index contributed by atoms with van der Waals surface area (Å²) in [4.78, 5) is 84.3. The van der Waals surface area contributed by atoms with Crippen LogP contribution in [0.3, 0.4) is 0 Å². The highest BCUT2D eigenvalue weighted by Crippen LogP contribution is 2.13. The van der Waals surface area contributed by atoms with Gasteiger partial charge in [-0.05, 0) is 18.4 Å². The van der Waals surface area contributed by atoms with Crippen LogP contribution in [0.15, 0.2) is 24.4 Å². The lowest BCUT2D eigenvalue weighted by Gasteiger charge is -2.21. The van der Waals surface area contributed by atoms with E-state index in [1.165, 1.54) is 6.92 Å². The Balaban J connectivity index is 1.51. The molecule has 16 nitrogen and oxygen atoms in total. The summed E-state index contributed by atoms with van der Waals surface area (Å²) in [6, 6.07) is 0.717. The zero-order chi connectivity index (χ0) is 34.1. The van der Waals surface area contributed by atoms with Crippen LogP contribution < -0.4 is 21.3 Å². The minimum absolute atomic E-state index is 0.00108.